The molecule has 0 aliphatic carbocycles. The van der Waals surface area contributed by atoms with E-state index in [1.807, 2.05) is 0 Å². The van der Waals surface area contributed by atoms with Crippen LogP contribution in [0.3, 0.4) is 0 Å². The molecule has 0 spiro atoms. The van der Waals surface area contributed by atoms with Crippen LogP contribution in [0.5, 0.6) is 0 Å². The fourth-order valence-corrected chi connectivity index (χ4v) is 1.23. The Labute approximate surface area is 92.1 Å². The van der Waals surface area contributed by atoms with Gasteiger partial charge in [-0.05, 0) is 12.3 Å². The summed E-state index contributed by atoms with van der Waals surface area (Å²) in [4.78, 5) is 11.0. The number of carbonyl (C=O) groups is 1. The van der Waals surface area contributed by atoms with E-state index >= 15 is 0 Å². The molecule has 0 saturated heterocycles. The molecule has 1 unspecified atom stereocenters. The van der Waals surface area contributed by atoms with E-state index in [1.54, 1.807) is 0 Å². The smallest absolute Gasteiger partial charge is 0.434 e. The first-order valence-corrected chi connectivity index (χ1v) is 5.47. The minimum atomic E-state index is -0.664. The van der Waals surface area contributed by atoms with Gasteiger partial charge in [-0.2, -0.15) is 0 Å². The van der Waals surface area contributed by atoms with Gasteiger partial charge in [-0.3, -0.25) is 0 Å². The second kappa shape index (κ2) is 9.39. The highest BCUT2D eigenvalue weighted by atomic mass is 16.7. The van der Waals surface area contributed by atoms with Gasteiger partial charge in [0.05, 0.1) is 6.61 Å². The number of hydrogen-bond acceptors (Lipinski definition) is 3. The van der Waals surface area contributed by atoms with Gasteiger partial charge in [-0.1, -0.05) is 39.0 Å². The topological polar surface area (TPSA) is 35.5 Å². The highest BCUT2D eigenvalue weighted by Crippen LogP contribution is 2.12. The van der Waals surface area contributed by atoms with E-state index in [9.17, 15) is 4.79 Å². The Morgan fingerprint density at radius 3 is 2.67 bits per heavy atom. The molecule has 0 amide bonds. The van der Waals surface area contributed by atoms with E-state index < -0.39 is 6.16 Å². The number of hydrogen-bond donors (Lipinski definition) is 0. The van der Waals surface area contributed by atoms with E-state index in [4.69, 9.17) is 11.2 Å². The lowest BCUT2D eigenvalue weighted by atomic mass is 10.0. The number of terminal acetylenes is 1. The Morgan fingerprint density at radius 2 is 2.13 bits per heavy atom. The van der Waals surface area contributed by atoms with E-state index in [0.29, 0.717) is 12.5 Å². The minimum Gasteiger partial charge on any atom is -0.434 e. The number of carbonyl (C=O) groups excluding carboxylic acids is 1. The largest absolute Gasteiger partial charge is 0.509 e. The molecule has 0 rings (SSSR count). The summed E-state index contributed by atoms with van der Waals surface area (Å²) in [6.45, 7) is 4.65. The van der Waals surface area contributed by atoms with Gasteiger partial charge < -0.3 is 9.47 Å². The summed E-state index contributed by atoms with van der Waals surface area (Å²) in [5.74, 6) is 2.65. The van der Waals surface area contributed by atoms with Crippen molar-refractivity contribution in [3.63, 3.8) is 0 Å². The van der Waals surface area contributed by atoms with Crippen LogP contribution in [0.1, 0.15) is 39.5 Å². The maximum Gasteiger partial charge on any atom is 0.509 e. The minimum absolute atomic E-state index is 0.0232. The van der Waals surface area contributed by atoms with Crippen molar-refractivity contribution in [3.8, 4) is 12.3 Å². The molecule has 1 atom stereocenters. The summed E-state index contributed by atoms with van der Waals surface area (Å²) in [7, 11) is 0. The summed E-state index contributed by atoms with van der Waals surface area (Å²) in [5, 5.41) is 0. The van der Waals surface area contributed by atoms with E-state index in [0.717, 1.165) is 19.3 Å². The highest BCUT2D eigenvalue weighted by molar-refractivity contribution is 5.60. The van der Waals surface area contributed by atoms with Crippen LogP contribution in [-0.2, 0) is 9.47 Å². The van der Waals surface area contributed by atoms with Crippen molar-refractivity contribution < 1.29 is 14.3 Å². The quantitative estimate of drug-likeness (QED) is 0.480. The lowest BCUT2D eigenvalue weighted by Crippen LogP contribution is -2.15. The van der Waals surface area contributed by atoms with Gasteiger partial charge in [0.1, 0.15) is 0 Å². The van der Waals surface area contributed by atoms with Gasteiger partial charge in [0.25, 0.3) is 0 Å². The molecule has 0 aliphatic heterocycles. The molecule has 0 radical (unpaired) electrons. The lowest BCUT2D eigenvalue weighted by molar-refractivity contribution is 0.0507. The van der Waals surface area contributed by atoms with Crippen molar-refractivity contribution in [2.75, 3.05) is 13.2 Å². The maximum absolute atomic E-state index is 11.0. The predicted octanol–water partition coefficient (Wildman–Crippen LogP) is 2.99. The van der Waals surface area contributed by atoms with Gasteiger partial charge in [-0.15, -0.1) is 6.42 Å². The van der Waals surface area contributed by atoms with Gasteiger partial charge >= 0.3 is 6.16 Å². The fourth-order valence-electron chi connectivity index (χ4n) is 1.23. The first-order chi connectivity index (χ1) is 7.24. The zero-order valence-electron chi connectivity index (χ0n) is 9.62. The van der Waals surface area contributed by atoms with Gasteiger partial charge in [0, 0.05) is 0 Å². The van der Waals surface area contributed by atoms with Crippen LogP contribution >= 0.6 is 0 Å². The number of rotatable bonds is 7. The molecule has 0 saturated carbocycles. The maximum atomic E-state index is 11.0. The summed E-state index contributed by atoms with van der Waals surface area (Å²) in [5.41, 5.74) is 0. The summed E-state index contributed by atoms with van der Waals surface area (Å²) < 4.78 is 9.53. The third kappa shape index (κ3) is 7.87. The zero-order chi connectivity index (χ0) is 11.5. The molecular weight excluding hydrogens is 192 g/mol. The van der Waals surface area contributed by atoms with Crippen LogP contribution in [0.2, 0.25) is 0 Å². The number of unbranched alkanes of at least 4 members (excludes halogenated alkanes) is 1. The first kappa shape index (κ1) is 13.8. The van der Waals surface area contributed by atoms with Crippen molar-refractivity contribution in [2.45, 2.75) is 39.5 Å². The zero-order valence-corrected chi connectivity index (χ0v) is 9.62. The van der Waals surface area contributed by atoms with Crippen molar-refractivity contribution in [1.82, 2.24) is 0 Å². The summed E-state index contributed by atoms with van der Waals surface area (Å²) in [6, 6.07) is 0. The average Bonchev–Trinajstić information content (AvgIpc) is 2.26. The van der Waals surface area contributed by atoms with Crippen LogP contribution in [-0.4, -0.2) is 19.4 Å². The Morgan fingerprint density at radius 1 is 1.40 bits per heavy atom. The fraction of sp³-hybridized carbons (Fsp3) is 0.750. The Balaban J connectivity index is 3.61. The molecular formula is C12H20O3. The average molecular weight is 212 g/mol. The highest BCUT2D eigenvalue weighted by Gasteiger charge is 2.10. The molecule has 3 nitrogen and oxygen atoms in total. The van der Waals surface area contributed by atoms with Gasteiger partial charge in [0.15, 0.2) is 6.61 Å². The van der Waals surface area contributed by atoms with Crippen LogP contribution in [0, 0.1) is 18.3 Å². The molecule has 15 heavy (non-hydrogen) atoms. The van der Waals surface area contributed by atoms with Crippen molar-refractivity contribution >= 4 is 6.16 Å². The van der Waals surface area contributed by atoms with E-state index in [1.165, 1.54) is 6.42 Å². The second-order valence-corrected chi connectivity index (χ2v) is 3.47. The Kier molecular flexibility index (Phi) is 8.66. The van der Waals surface area contributed by atoms with Gasteiger partial charge in [-0.25, -0.2) is 4.79 Å². The molecule has 0 aromatic carbocycles. The van der Waals surface area contributed by atoms with Crippen molar-refractivity contribution in [1.29, 1.82) is 0 Å². The van der Waals surface area contributed by atoms with E-state index in [2.05, 4.69) is 24.5 Å². The standard InChI is InChI=1S/C12H20O3/c1-4-7-8-11(6-3)10-15-12(13)14-9-5-2/h2,11H,4,6-10H2,1,3H3. The van der Waals surface area contributed by atoms with E-state index in [-0.39, 0.29) is 6.61 Å². The molecule has 0 aromatic rings. The predicted molar refractivity (Wildman–Crippen MR) is 59.4 cm³/mol. The Hall–Kier alpha value is -1.17. The Bertz CT molecular complexity index is 205. The molecule has 3 heteroatoms. The molecule has 86 valence electrons. The molecule has 0 N–H and O–H groups in total. The normalized spacial score (nSPS) is 11.5. The summed E-state index contributed by atoms with van der Waals surface area (Å²) >= 11 is 0. The monoisotopic (exact) mass is 212 g/mol. The molecule has 0 heterocycles. The molecule has 0 fully saturated rings. The lowest BCUT2D eigenvalue weighted by Gasteiger charge is -2.13. The SMILES string of the molecule is C#CCOC(=O)OCC(CC)CCCC. The molecule has 0 aromatic heterocycles. The van der Waals surface area contributed by atoms with Crippen LogP contribution in [0.4, 0.5) is 4.79 Å². The molecule has 0 bridgehead atoms. The third-order valence-corrected chi connectivity index (χ3v) is 2.25. The number of ether oxygens (including phenoxy) is 2. The van der Waals surface area contributed by atoms with Crippen LogP contribution in [0.25, 0.3) is 0 Å². The first-order valence-electron chi connectivity index (χ1n) is 5.47. The third-order valence-electron chi connectivity index (χ3n) is 2.25. The second-order valence-electron chi connectivity index (χ2n) is 3.47. The molecule has 0 aliphatic rings. The van der Waals surface area contributed by atoms with Crippen LogP contribution < -0.4 is 0 Å². The van der Waals surface area contributed by atoms with Crippen LogP contribution in [0.15, 0.2) is 0 Å². The van der Waals surface area contributed by atoms with Crippen molar-refractivity contribution in [2.24, 2.45) is 5.92 Å². The van der Waals surface area contributed by atoms with Crippen molar-refractivity contribution in [3.05, 3.63) is 0 Å². The van der Waals surface area contributed by atoms with Gasteiger partial charge in [0.2, 0.25) is 0 Å². The summed E-state index contributed by atoms with van der Waals surface area (Å²) in [6.07, 6.45) is 8.72.